The van der Waals surface area contributed by atoms with Crippen molar-refractivity contribution in [2.45, 2.75) is 57.0 Å². The van der Waals surface area contributed by atoms with E-state index in [0.29, 0.717) is 11.8 Å². The lowest BCUT2D eigenvalue weighted by Crippen LogP contribution is -2.54. The number of piperidine rings is 1. The number of carboxylic acid groups (broad SMARTS) is 1. The number of carbonyl (C=O) groups is 1. The second kappa shape index (κ2) is 4.82. The first-order valence-electron chi connectivity index (χ1n) is 7.35. The molecule has 1 spiro atoms. The van der Waals surface area contributed by atoms with Gasteiger partial charge in [0.1, 0.15) is 0 Å². The van der Waals surface area contributed by atoms with Crippen molar-refractivity contribution in [3.05, 3.63) is 0 Å². The molecule has 2 saturated carbocycles. The minimum atomic E-state index is -0.673. The average molecular weight is 252 g/mol. The number of hydrogen-bond donors (Lipinski definition) is 2. The molecule has 102 valence electrons. The third-order valence-corrected chi connectivity index (χ3v) is 4.97. The summed E-state index contributed by atoms with van der Waals surface area (Å²) in [6, 6.07) is 1.62. The van der Waals surface area contributed by atoms with Gasteiger partial charge in [0.15, 0.2) is 0 Å². The van der Waals surface area contributed by atoms with Crippen LogP contribution in [-0.4, -0.2) is 47.7 Å². The van der Waals surface area contributed by atoms with Crippen molar-refractivity contribution in [1.29, 1.82) is 0 Å². The molecule has 0 aromatic carbocycles. The van der Waals surface area contributed by atoms with Crippen LogP contribution in [0.1, 0.15) is 44.9 Å². The molecular formula is C14H24N2O2. The van der Waals surface area contributed by atoms with Crippen molar-refractivity contribution in [2.75, 3.05) is 19.6 Å². The monoisotopic (exact) mass is 252 g/mol. The van der Waals surface area contributed by atoms with Crippen LogP contribution in [-0.2, 0) is 4.79 Å². The first kappa shape index (κ1) is 12.4. The van der Waals surface area contributed by atoms with E-state index in [2.05, 4.69) is 10.2 Å². The Morgan fingerprint density at radius 2 is 1.89 bits per heavy atom. The van der Waals surface area contributed by atoms with E-state index in [1.54, 1.807) is 0 Å². The standard InChI is InChI=1S/C14H24N2O2/c17-13(18)3-6-16-7-4-14(5-8-16)9-12(10-14)15-11-1-2-11/h11-12,15H,1-10H2,(H,17,18). The van der Waals surface area contributed by atoms with Crippen LogP contribution >= 0.6 is 0 Å². The summed E-state index contributed by atoms with van der Waals surface area (Å²) in [7, 11) is 0. The Morgan fingerprint density at radius 1 is 1.22 bits per heavy atom. The highest BCUT2D eigenvalue weighted by atomic mass is 16.4. The Labute approximate surface area is 109 Å². The summed E-state index contributed by atoms with van der Waals surface area (Å²) in [5.74, 6) is -0.673. The zero-order valence-corrected chi connectivity index (χ0v) is 11.0. The maximum Gasteiger partial charge on any atom is 0.304 e. The fourth-order valence-electron chi connectivity index (χ4n) is 3.60. The predicted molar refractivity (Wildman–Crippen MR) is 69.5 cm³/mol. The minimum Gasteiger partial charge on any atom is -0.481 e. The van der Waals surface area contributed by atoms with Gasteiger partial charge in [-0.1, -0.05) is 0 Å². The zero-order valence-electron chi connectivity index (χ0n) is 11.0. The van der Waals surface area contributed by atoms with E-state index in [1.165, 1.54) is 38.5 Å². The molecule has 3 rings (SSSR count). The van der Waals surface area contributed by atoms with Gasteiger partial charge in [-0.05, 0) is 57.0 Å². The van der Waals surface area contributed by atoms with E-state index in [-0.39, 0.29) is 0 Å². The molecular weight excluding hydrogens is 228 g/mol. The fraction of sp³-hybridized carbons (Fsp3) is 0.929. The average Bonchev–Trinajstić information content (AvgIpc) is 3.10. The molecule has 0 atom stereocenters. The molecule has 3 fully saturated rings. The summed E-state index contributed by atoms with van der Waals surface area (Å²) >= 11 is 0. The minimum absolute atomic E-state index is 0.291. The van der Waals surface area contributed by atoms with Crippen molar-refractivity contribution >= 4 is 5.97 Å². The van der Waals surface area contributed by atoms with E-state index in [0.717, 1.165) is 31.7 Å². The molecule has 4 heteroatoms. The van der Waals surface area contributed by atoms with Gasteiger partial charge in [0.2, 0.25) is 0 Å². The van der Waals surface area contributed by atoms with E-state index >= 15 is 0 Å². The van der Waals surface area contributed by atoms with Crippen molar-refractivity contribution in [2.24, 2.45) is 5.41 Å². The molecule has 1 aliphatic heterocycles. The SMILES string of the molecule is O=C(O)CCN1CCC2(CC1)CC(NC1CC1)C2. The summed E-state index contributed by atoms with van der Waals surface area (Å²) in [5.41, 5.74) is 0.603. The summed E-state index contributed by atoms with van der Waals surface area (Å²) in [6.45, 7) is 2.93. The van der Waals surface area contributed by atoms with Crippen LogP contribution in [0.2, 0.25) is 0 Å². The molecule has 18 heavy (non-hydrogen) atoms. The van der Waals surface area contributed by atoms with Crippen molar-refractivity contribution in [1.82, 2.24) is 10.2 Å². The van der Waals surface area contributed by atoms with Crippen LogP contribution in [0.25, 0.3) is 0 Å². The second-order valence-electron chi connectivity index (χ2n) is 6.53. The third kappa shape index (κ3) is 2.86. The van der Waals surface area contributed by atoms with E-state index < -0.39 is 5.97 Å². The first-order chi connectivity index (χ1) is 8.65. The molecule has 2 aliphatic carbocycles. The number of carboxylic acids is 1. The van der Waals surface area contributed by atoms with Crippen LogP contribution in [0, 0.1) is 5.41 Å². The zero-order chi connectivity index (χ0) is 12.6. The molecule has 0 radical (unpaired) electrons. The Bertz CT molecular complexity index is 312. The van der Waals surface area contributed by atoms with Gasteiger partial charge < -0.3 is 15.3 Å². The number of nitrogens with one attached hydrogen (secondary N) is 1. The molecule has 0 aromatic rings. The van der Waals surface area contributed by atoms with Crippen molar-refractivity contribution < 1.29 is 9.90 Å². The maximum absolute atomic E-state index is 10.6. The van der Waals surface area contributed by atoms with Gasteiger partial charge in [0.25, 0.3) is 0 Å². The maximum atomic E-state index is 10.6. The number of hydrogen-bond acceptors (Lipinski definition) is 3. The van der Waals surface area contributed by atoms with Crippen LogP contribution in [0.4, 0.5) is 0 Å². The second-order valence-corrected chi connectivity index (χ2v) is 6.53. The third-order valence-electron chi connectivity index (χ3n) is 4.97. The molecule has 0 amide bonds. The van der Waals surface area contributed by atoms with E-state index in [1.807, 2.05) is 0 Å². The molecule has 1 saturated heterocycles. The molecule has 2 N–H and O–H groups in total. The van der Waals surface area contributed by atoms with Crippen molar-refractivity contribution in [3.63, 3.8) is 0 Å². The summed E-state index contributed by atoms with van der Waals surface area (Å²) in [5, 5.41) is 12.4. The topological polar surface area (TPSA) is 52.6 Å². The Kier molecular flexibility index (Phi) is 3.32. The number of nitrogens with zero attached hydrogens (tertiary/aromatic N) is 1. The largest absolute Gasteiger partial charge is 0.481 e. The number of aliphatic carboxylic acids is 1. The van der Waals surface area contributed by atoms with E-state index in [9.17, 15) is 4.79 Å². The smallest absolute Gasteiger partial charge is 0.304 e. The highest BCUT2D eigenvalue weighted by molar-refractivity contribution is 5.66. The van der Waals surface area contributed by atoms with Gasteiger partial charge in [-0.2, -0.15) is 0 Å². The van der Waals surface area contributed by atoms with Crippen molar-refractivity contribution in [3.8, 4) is 0 Å². The summed E-state index contributed by atoms with van der Waals surface area (Å²) in [6.07, 6.45) is 8.31. The lowest BCUT2D eigenvalue weighted by Gasteiger charge is -2.52. The fourth-order valence-corrected chi connectivity index (χ4v) is 3.60. The number of likely N-dealkylation sites (tertiary alicyclic amines) is 1. The van der Waals surface area contributed by atoms with Gasteiger partial charge in [-0.3, -0.25) is 4.79 Å². The summed E-state index contributed by atoms with van der Waals surface area (Å²) in [4.78, 5) is 12.9. The van der Waals surface area contributed by atoms with Gasteiger partial charge in [-0.25, -0.2) is 0 Å². The Morgan fingerprint density at radius 3 is 2.44 bits per heavy atom. The van der Waals surface area contributed by atoms with Crippen LogP contribution in [0.15, 0.2) is 0 Å². The molecule has 0 aromatic heterocycles. The quantitative estimate of drug-likeness (QED) is 0.778. The van der Waals surface area contributed by atoms with Crippen LogP contribution in [0.3, 0.4) is 0 Å². The molecule has 4 nitrogen and oxygen atoms in total. The molecule has 0 bridgehead atoms. The van der Waals surface area contributed by atoms with Gasteiger partial charge in [-0.15, -0.1) is 0 Å². The predicted octanol–water partition coefficient (Wildman–Crippen LogP) is 1.46. The highest BCUT2D eigenvalue weighted by Crippen LogP contribution is 2.49. The normalized spacial score (nSPS) is 28.2. The highest BCUT2D eigenvalue weighted by Gasteiger charge is 2.46. The van der Waals surface area contributed by atoms with Crippen LogP contribution in [0.5, 0.6) is 0 Å². The van der Waals surface area contributed by atoms with E-state index in [4.69, 9.17) is 5.11 Å². The molecule has 3 aliphatic rings. The molecule has 1 heterocycles. The molecule has 0 unspecified atom stereocenters. The number of rotatable bonds is 5. The Balaban J connectivity index is 1.36. The van der Waals surface area contributed by atoms with Gasteiger partial charge >= 0.3 is 5.97 Å². The van der Waals surface area contributed by atoms with Gasteiger partial charge in [0.05, 0.1) is 6.42 Å². The Hall–Kier alpha value is -0.610. The summed E-state index contributed by atoms with van der Waals surface area (Å²) < 4.78 is 0. The first-order valence-corrected chi connectivity index (χ1v) is 7.35. The van der Waals surface area contributed by atoms with Gasteiger partial charge in [0, 0.05) is 18.6 Å². The van der Waals surface area contributed by atoms with Crippen LogP contribution < -0.4 is 5.32 Å². The lowest BCUT2D eigenvalue weighted by atomic mass is 9.60. The lowest BCUT2D eigenvalue weighted by molar-refractivity contribution is -0.137.